The largest absolute Gasteiger partial charge is 0.464 e. The molecule has 0 aromatic carbocycles. The van der Waals surface area contributed by atoms with Gasteiger partial charge in [0.25, 0.3) is 0 Å². The lowest BCUT2D eigenvalue weighted by Crippen LogP contribution is -2.15. The average molecular weight is 275 g/mol. The summed E-state index contributed by atoms with van der Waals surface area (Å²) in [6.45, 7) is 0.233. The normalized spacial score (nSPS) is 10.2. The van der Waals surface area contributed by atoms with E-state index in [-0.39, 0.29) is 18.7 Å². The third kappa shape index (κ3) is 2.79. The molecule has 0 aliphatic heterocycles. The number of hydrogen-bond acceptors (Lipinski definition) is 6. The lowest BCUT2D eigenvalue weighted by atomic mass is 10.1. The Morgan fingerprint density at radius 3 is 2.65 bits per heavy atom. The first-order valence-corrected chi connectivity index (χ1v) is 5.84. The second-order valence-corrected chi connectivity index (χ2v) is 3.95. The summed E-state index contributed by atoms with van der Waals surface area (Å²) in [5.41, 5.74) is 6.38. The summed E-state index contributed by atoms with van der Waals surface area (Å²) in [6.07, 6.45) is 3.27. The van der Waals surface area contributed by atoms with Gasteiger partial charge in [-0.3, -0.25) is 9.78 Å². The Bertz CT molecular complexity index is 623. The smallest absolute Gasteiger partial charge is 0.360 e. The van der Waals surface area contributed by atoms with Crippen molar-refractivity contribution in [1.29, 1.82) is 0 Å². The van der Waals surface area contributed by atoms with Gasteiger partial charge in [0.2, 0.25) is 5.91 Å². The number of esters is 1. The maximum absolute atomic E-state index is 11.7. The molecule has 0 aliphatic rings. The number of pyridine rings is 1. The van der Waals surface area contributed by atoms with Gasteiger partial charge in [-0.2, -0.15) is 0 Å². The second kappa shape index (κ2) is 5.91. The van der Waals surface area contributed by atoms with Gasteiger partial charge in [-0.1, -0.05) is 5.21 Å². The molecule has 8 nitrogen and oxygen atoms in total. The second-order valence-electron chi connectivity index (χ2n) is 3.95. The van der Waals surface area contributed by atoms with E-state index in [2.05, 4.69) is 20.0 Å². The van der Waals surface area contributed by atoms with Gasteiger partial charge in [0, 0.05) is 24.4 Å². The molecule has 0 unspecified atom stereocenters. The van der Waals surface area contributed by atoms with Crippen molar-refractivity contribution in [2.75, 3.05) is 7.11 Å². The highest BCUT2D eigenvalue weighted by atomic mass is 16.5. The van der Waals surface area contributed by atoms with E-state index in [1.54, 1.807) is 24.5 Å². The minimum atomic E-state index is -0.595. The summed E-state index contributed by atoms with van der Waals surface area (Å²) in [5.74, 6) is -1.05. The zero-order valence-corrected chi connectivity index (χ0v) is 10.8. The Morgan fingerprint density at radius 2 is 2.05 bits per heavy atom. The van der Waals surface area contributed by atoms with Crippen LogP contribution in [0.25, 0.3) is 11.3 Å². The average Bonchev–Trinajstić information content (AvgIpc) is 2.89. The summed E-state index contributed by atoms with van der Waals surface area (Å²) in [5, 5.41) is 7.68. The number of methoxy groups -OCH3 is 1. The first-order chi connectivity index (χ1) is 9.63. The Labute approximate surface area is 114 Å². The van der Waals surface area contributed by atoms with Crippen molar-refractivity contribution in [2.24, 2.45) is 5.73 Å². The molecule has 8 heteroatoms. The maximum atomic E-state index is 11.7. The first kappa shape index (κ1) is 13.7. The Balaban J connectivity index is 2.45. The number of primary amides is 1. The number of nitrogens with two attached hydrogens (primary N) is 1. The number of carbonyl (C=O) groups is 2. The molecule has 2 N–H and O–H groups in total. The van der Waals surface area contributed by atoms with Crippen molar-refractivity contribution in [2.45, 2.75) is 13.0 Å². The molecule has 2 aromatic rings. The van der Waals surface area contributed by atoms with Crippen LogP contribution in [-0.2, 0) is 16.1 Å². The van der Waals surface area contributed by atoms with E-state index >= 15 is 0 Å². The molecule has 2 aromatic heterocycles. The molecule has 20 heavy (non-hydrogen) atoms. The van der Waals surface area contributed by atoms with Gasteiger partial charge >= 0.3 is 5.97 Å². The molecule has 0 saturated carbocycles. The SMILES string of the molecule is COC(=O)c1nnn(CCC(N)=O)c1-c1ccncc1. The number of aromatic nitrogens is 4. The highest BCUT2D eigenvalue weighted by Gasteiger charge is 2.21. The fraction of sp³-hybridized carbons (Fsp3) is 0.250. The fourth-order valence-corrected chi connectivity index (χ4v) is 1.72. The Morgan fingerprint density at radius 1 is 1.35 bits per heavy atom. The van der Waals surface area contributed by atoms with Crippen molar-refractivity contribution < 1.29 is 14.3 Å². The standard InChI is InChI=1S/C12H13N5O3/c1-20-12(19)10-11(8-2-5-14-6-3-8)17(16-15-10)7-4-9(13)18/h2-3,5-6H,4,7H2,1H3,(H2,13,18). The van der Waals surface area contributed by atoms with Crippen LogP contribution < -0.4 is 5.73 Å². The molecular weight excluding hydrogens is 262 g/mol. The van der Waals surface area contributed by atoms with Crippen LogP contribution in [0.1, 0.15) is 16.9 Å². The van der Waals surface area contributed by atoms with Crippen LogP contribution >= 0.6 is 0 Å². The molecule has 104 valence electrons. The van der Waals surface area contributed by atoms with E-state index in [0.717, 1.165) is 0 Å². The molecule has 0 saturated heterocycles. The van der Waals surface area contributed by atoms with Crippen LogP contribution in [0, 0.1) is 0 Å². The predicted molar refractivity (Wildman–Crippen MR) is 68.4 cm³/mol. The summed E-state index contributed by atoms with van der Waals surface area (Å²) in [7, 11) is 1.26. The fourth-order valence-electron chi connectivity index (χ4n) is 1.72. The van der Waals surface area contributed by atoms with Crippen LogP contribution in [0.5, 0.6) is 0 Å². The topological polar surface area (TPSA) is 113 Å². The highest BCUT2D eigenvalue weighted by molar-refractivity contribution is 5.94. The lowest BCUT2D eigenvalue weighted by Gasteiger charge is -2.06. The third-order valence-corrected chi connectivity index (χ3v) is 2.64. The summed E-state index contributed by atoms with van der Waals surface area (Å²) in [4.78, 5) is 26.5. The van der Waals surface area contributed by atoms with Crippen molar-refractivity contribution in [3.8, 4) is 11.3 Å². The van der Waals surface area contributed by atoms with Crippen LogP contribution in [0.4, 0.5) is 0 Å². The van der Waals surface area contributed by atoms with E-state index in [4.69, 9.17) is 5.73 Å². The third-order valence-electron chi connectivity index (χ3n) is 2.64. The maximum Gasteiger partial charge on any atom is 0.360 e. The van der Waals surface area contributed by atoms with Gasteiger partial charge in [-0.25, -0.2) is 9.48 Å². The van der Waals surface area contributed by atoms with Gasteiger partial charge in [-0.05, 0) is 12.1 Å². The minimum absolute atomic E-state index is 0.0863. The van der Waals surface area contributed by atoms with Gasteiger partial charge < -0.3 is 10.5 Å². The molecule has 1 amide bonds. The van der Waals surface area contributed by atoms with Crippen LogP contribution in [0.15, 0.2) is 24.5 Å². The molecular formula is C12H13N5O3. The number of carbonyl (C=O) groups excluding carboxylic acids is 2. The van der Waals surface area contributed by atoms with E-state index in [9.17, 15) is 9.59 Å². The zero-order valence-electron chi connectivity index (χ0n) is 10.8. The van der Waals surface area contributed by atoms with Crippen molar-refractivity contribution in [3.63, 3.8) is 0 Å². The Kier molecular flexibility index (Phi) is 4.04. The molecule has 2 rings (SSSR count). The number of rotatable bonds is 5. The molecule has 0 radical (unpaired) electrons. The van der Waals surface area contributed by atoms with E-state index in [1.165, 1.54) is 11.8 Å². The van der Waals surface area contributed by atoms with Crippen LogP contribution in [0.3, 0.4) is 0 Å². The number of ether oxygens (including phenoxy) is 1. The molecule has 0 bridgehead atoms. The number of hydrogen-bond donors (Lipinski definition) is 1. The molecule has 2 heterocycles. The van der Waals surface area contributed by atoms with E-state index < -0.39 is 11.9 Å². The van der Waals surface area contributed by atoms with Crippen molar-refractivity contribution in [1.82, 2.24) is 20.0 Å². The van der Waals surface area contributed by atoms with Gasteiger partial charge in [0.1, 0.15) is 5.69 Å². The van der Waals surface area contributed by atoms with E-state index in [1.807, 2.05) is 0 Å². The van der Waals surface area contributed by atoms with Crippen LogP contribution in [-0.4, -0.2) is 39.0 Å². The van der Waals surface area contributed by atoms with Crippen LogP contribution in [0.2, 0.25) is 0 Å². The molecule has 0 fully saturated rings. The molecule has 0 atom stereocenters. The van der Waals surface area contributed by atoms with Gasteiger partial charge in [-0.15, -0.1) is 5.10 Å². The number of amides is 1. The minimum Gasteiger partial charge on any atom is -0.464 e. The highest BCUT2D eigenvalue weighted by Crippen LogP contribution is 2.22. The van der Waals surface area contributed by atoms with E-state index in [0.29, 0.717) is 11.3 Å². The van der Waals surface area contributed by atoms with Crippen molar-refractivity contribution >= 4 is 11.9 Å². The Hall–Kier alpha value is -2.77. The molecule has 0 aliphatic carbocycles. The monoisotopic (exact) mass is 275 g/mol. The van der Waals surface area contributed by atoms with Gasteiger partial charge in [0.05, 0.1) is 13.7 Å². The quantitative estimate of drug-likeness (QED) is 0.768. The summed E-state index contributed by atoms with van der Waals surface area (Å²) < 4.78 is 6.13. The predicted octanol–water partition coefficient (Wildman–Crippen LogP) is 0.00210. The summed E-state index contributed by atoms with van der Waals surface area (Å²) >= 11 is 0. The van der Waals surface area contributed by atoms with Gasteiger partial charge in [0.15, 0.2) is 5.69 Å². The lowest BCUT2D eigenvalue weighted by molar-refractivity contribution is -0.118. The van der Waals surface area contributed by atoms with Crippen molar-refractivity contribution in [3.05, 3.63) is 30.2 Å². The summed E-state index contributed by atoms with van der Waals surface area (Å²) in [6, 6.07) is 3.43. The number of aryl methyl sites for hydroxylation is 1. The first-order valence-electron chi connectivity index (χ1n) is 5.84. The zero-order chi connectivity index (χ0) is 14.5. The number of nitrogens with zero attached hydrogens (tertiary/aromatic N) is 4. The molecule has 0 spiro atoms.